The average molecular weight is 594 g/mol. The fraction of sp³-hybridized carbons (Fsp3) is 0.207. The third-order valence-corrected chi connectivity index (χ3v) is 8.58. The van der Waals surface area contributed by atoms with Crippen LogP contribution < -0.4 is 9.62 Å². The van der Waals surface area contributed by atoms with E-state index in [4.69, 9.17) is 28.2 Å². The Morgan fingerprint density at radius 2 is 1.57 bits per heavy atom. The van der Waals surface area contributed by atoms with E-state index in [1.165, 1.54) is 0 Å². The minimum atomic E-state index is -2.69. The SMILES string of the molecule is O=[SH](=O)NCC1(c2ccccc2)CCN(c2ncnc3c2nc(-c2ccccc2Cl)n3-c2ccc(Cl)cc2)CC1. The first-order valence-electron chi connectivity index (χ1n) is 12.9. The van der Waals surface area contributed by atoms with Crippen LogP contribution in [0.5, 0.6) is 0 Å². The molecular formula is C29H26Cl2N6O2S. The molecule has 0 saturated carbocycles. The largest absolute Gasteiger partial charge is 0.355 e. The zero-order valence-corrected chi connectivity index (χ0v) is 23.8. The van der Waals surface area contributed by atoms with Gasteiger partial charge in [0.25, 0.3) is 0 Å². The highest BCUT2D eigenvalue weighted by Gasteiger charge is 2.37. The number of benzene rings is 3. The van der Waals surface area contributed by atoms with E-state index in [9.17, 15) is 8.42 Å². The summed E-state index contributed by atoms with van der Waals surface area (Å²) in [5, 5.41) is 1.21. The number of nitrogens with one attached hydrogen (secondary N) is 1. The molecular weight excluding hydrogens is 567 g/mol. The second-order valence-corrected chi connectivity index (χ2v) is 11.5. The summed E-state index contributed by atoms with van der Waals surface area (Å²) in [7, 11) is -2.69. The Bertz CT molecular complexity index is 1730. The van der Waals surface area contributed by atoms with Crippen molar-refractivity contribution >= 4 is 51.1 Å². The molecule has 204 valence electrons. The summed E-state index contributed by atoms with van der Waals surface area (Å²) in [4.78, 5) is 16.6. The van der Waals surface area contributed by atoms with E-state index >= 15 is 0 Å². The molecule has 2 aromatic heterocycles. The molecule has 0 atom stereocenters. The third-order valence-electron chi connectivity index (χ3n) is 7.58. The van der Waals surface area contributed by atoms with Gasteiger partial charge in [0.05, 0.1) is 5.02 Å². The summed E-state index contributed by atoms with van der Waals surface area (Å²) in [6.45, 7) is 1.70. The monoisotopic (exact) mass is 592 g/mol. The summed E-state index contributed by atoms with van der Waals surface area (Å²) >= 11 is 12.8. The molecule has 8 nitrogen and oxygen atoms in total. The lowest BCUT2D eigenvalue weighted by Crippen LogP contribution is -2.48. The van der Waals surface area contributed by atoms with Gasteiger partial charge in [0.1, 0.15) is 12.2 Å². The molecule has 1 fully saturated rings. The number of piperidine rings is 1. The van der Waals surface area contributed by atoms with Gasteiger partial charge in [-0.25, -0.2) is 28.1 Å². The highest BCUT2D eigenvalue weighted by Crippen LogP contribution is 2.39. The van der Waals surface area contributed by atoms with Crippen LogP contribution in [0.1, 0.15) is 18.4 Å². The molecule has 3 aromatic carbocycles. The quantitative estimate of drug-likeness (QED) is 0.244. The molecule has 1 aliphatic rings. The molecule has 0 radical (unpaired) electrons. The molecule has 6 rings (SSSR count). The van der Waals surface area contributed by atoms with Gasteiger partial charge < -0.3 is 4.90 Å². The number of nitrogens with zero attached hydrogens (tertiary/aromatic N) is 5. The Morgan fingerprint density at radius 3 is 2.27 bits per heavy atom. The van der Waals surface area contributed by atoms with E-state index < -0.39 is 10.9 Å². The fourth-order valence-electron chi connectivity index (χ4n) is 5.49. The van der Waals surface area contributed by atoms with Gasteiger partial charge in [-0.05, 0) is 54.8 Å². The normalized spacial score (nSPS) is 15.1. The average Bonchev–Trinajstić information content (AvgIpc) is 3.37. The molecule has 1 N–H and O–H groups in total. The zero-order valence-electron chi connectivity index (χ0n) is 21.4. The maximum Gasteiger partial charge on any atom is 0.201 e. The van der Waals surface area contributed by atoms with Gasteiger partial charge in [0, 0.05) is 41.3 Å². The van der Waals surface area contributed by atoms with Crippen LogP contribution in [0, 0.1) is 0 Å². The number of anilines is 1. The molecule has 1 saturated heterocycles. The van der Waals surface area contributed by atoms with Crippen LogP contribution in [0.4, 0.5) is 5.82 Å². The van der Waals surface area contributed by atoms with E-state index in [2.05, 4.69) is 31.7 Å². The highest BCUT2D eigenvalue weighted by molar-refractivity contribution is 7.70. The molecule has 40 heavy (non-hydrogen) atoms. The Balaban J connectivity index is 1.42. The van der Waals surface area contributed by atoms with Crippen molar-refractivity contribution in [3.63, 3.8) is 0 Å². The lowest BCUT2D eigenvalue weighted by atomic mass is 9.73. The van der Waals surface area contributed by atoms with Crippen LogP contribution in [0.25, 0.3) is 28.2 Å². The van der Waals surface area contributed by atoms with Crippen molar-refractivity contribution in [3.05, 3.63) is 101 Å². The number of fused-ring (bicyclic) bond motifs is 1. The van der Waals surface area contributed by atoms with Crippen molar-refractivity contribution in [3.8, 4) is 17.1 Å². The molecule has 0 unspecified atom stereocenters. The lowest BCUT2D eigenvalue weighted by Gasteiger charge is -2.42. The fourth-order valence-corrected chi connectivity index (χ4v) is 6.27. The van der Waals surface area contributed by atoms with Crippen molar-refractivity contribution in [2.24, 2.45) is 0 Å². The number of rotatable bonds is 7. The molecule has 0 aliphatic carbocycles. The summed E-state index contributed by atoms with van der Waals surface area (Å²) in [6.07, 6.45) is 3.05. The lowest BCUT2D eigenvalue weighted by molar-refractivity contribution is 0.330. The van der Waals surface area contributed by atoms with Gasteiger partial charge in [0.15, 0.2) is 17.0 Å². The number of imidazole rings is 1. The number of hydrogen-bond acceptors (Lipinski definition) is 6. The van der Waals surface area contributed by atoms with E-state index in [1.807, 2.05) is 71.3 Å². The summed E-state index contributed by atoms with van der Waals surface area (Å²) in [5.74, 6) is 1.39. The van der Waals surface area contributed by atoms with Gasteiger partial charge in [-0.1, -0.05) is 65.7 Å². The molecule has 3 heterocycles. The number of halogens is 2. The molecule has 5 aromatic rings. The van der Waals surface area contributed by atoms with Crippen molar-refractivity contribution in [1.29, 1.82) is 0 Å². The Kier molecular flexibility index (Phi) is 7.46. The first-order valence-corrected chi connectivity index (χ1v) is 14.8. The van der Waals surface area contributed by atoms with Crippen LogP contribution in [0.3, 0.4) is 0 Å². The molecule has 1 aliphatic heterocycles. The van der Waals surface area contributed by atoms with Crippen LogP contribution >= 0.6 is 23.2 Å². The second kappa shape index (κ2) is 11.2. The van der Waals surface area contributed by atoms with Crippen molar-refractivity contribution in [2.75, 3.05) is 24.5 Å². The minimum absolute atomic E-state index is 0.315. The van der Waals surface area contributed by atoms with Crippen LogP contribution in [-0.4, -0.2) is 47.6 Å². The first kappa shape index (κ1) is 26.7. The van der Waals surface area contributed by atoms with E-state index in [-0.39, 0.29) is 5.41 Å². The van der Waals surface area contributed by atoms with Gasteiger partial charge in [-0.3, -0.25) is 4.57 Å². The first-order chi connectivity index (χ1) is 19.4. The van der Waals surface area contributed by atoms with Crippen LogP contribution in [0.15, 0.2) is 85.2 Å². The predicted molar refractivity (Wildman–Crippen MR) is 160 cm³/mol. The van der Waals surface area contributed by atoms with E-state index in [1.54, 1.807) is 6.33 Å². The molecule has 11 heteroatoms. The maximum absolute atomic E-state index is 11.4. The molecule has 0 spiro atoms. The predicted octanol–water partition coefficient (Wildman–Crippen LogP) is 5.44. The van der Waals surface area contributed by atoms with E-state index in [0.29, 0.717) is 46.7 Å². The highest BCUT2D eigenvalue weighted by atomic mass is 35.5. The molecule has 0 bridgehead atoms. The van der Waals surface area contributed by atoms with Crippen molar-refractivity contribution in [1.82, 2.24) is 24.2 Å². The smallest absolute Gasteiger partial charge is 0.201 e. The topological polar surface area (TPSA) is 93.0 Å². The van der Waals surface area contributed by atoms with Gasteiger partial charge in [-0.15, -0.1) is 0 Å². The Hall–Kier alpha value is -3.50. The van der Waals surface area contributed by atoms with Crippen molar-refractivity contribution < 1.29 is 8.42 Å². The molecule has 0 amide bonds. The van der Waals surface area contributed by atoms with Crippen LogP contribution in [0.2, 0.25) is 10.0 Å². The standard InChI is InChI=1S/C29H26Cl2N6O2S/c30-21-10-12-22(13-11-21)37-26(23-8-4-5-9-24(23)31)35-25-27(32-19-33-28(25)37)36-16-14-29(15-17-36,18-34-40(38)39)20-6-2-1-3-7-20/h1-13,19,40H,14-18H2,(H,34,38,39). The number of thiol groups is 1. The minimum Gasteiger partial charge on any atom is -0.355 e. The van der Waals surface area contributed by atoms with Crippen molar-refractivity contribution in [2.45, 2.75) is 18.3 Å². The van der Waals surface area contributed by atoms with Gasteiger partial charge in [-0.2, -0.15) is 0 Å². The van der Waals surface area contributed by atoms with Crippen LogP contribution in [-0.2, 0) is 16.3 Å². The summed E-state index contributed by atoms with van der Waals surface area (Å²) in [5.41, 5.74) is 3.77. The van der Waals surface area contributed by atoms with Gasteiger partial charge >= 0.3 is 0 Å². The Morgan fingerprint density at radius 1 is 0.875 bits per heavy atom. The Labute approximate surface area is 243 Å². The summed E-state index contributed by atoms with van der Waals surface area (Å²) in [6, 6.07) is 25.2. The number of hydrogen-bond donors (Lipinski definition) is 2. The maximum atomic E-state index is 11.4. The third kappa shape index (κ3) is 5.06. The number of aromatic nitrogens is 4. The second-order valence-electron chi connectivity index (χ2n) is 9.82. The summed E-state index contributed by atoms with van der Waals surface area (Å²) < 4.78 is 27.5. The van der Waals surface area contributed by atoms with Gasteiger partial charge in [0.2, 0.25) is 10.9 Å². The zero-order chi connectivity index (χ0) is 27.7. The van der Waals surface area contributed by atoms with E-state index in [0.717, 1.165) is 35.5 Å².